The summed E-state index contributed by atoms with van der Waals surface area (Å²) in [6.07, 6.45) is 6.03. The highest BCUT2D eigenvalue weighted by Gasteiger charge is 2.15. The molecule has 0 saturated carbocycles. The van der Waals surface area contributed by atoms with Crippen molar-refractivity contribution >= 4 is 21.8 Å². The van der Waals surface area contributed by atoms with E-state index in [2.05, 4.69) is 68.0 Å². The Hall–Kier alpha value is -1.03. The molecule has 0 spiro atoms. The molecule has 1 rings (SSSR count). The van der Waals surface area contributed by atoms with Crippen LogP contribution in [0.1, 0.15) is 78.7 Å². The lowest BCUT2D eigenvalue weighted by Gasteiger charge is -2.20. The molecule has 0 heterocycles. The summed E-state index contributed by atoms with van der Waals surface area (Å²) >= 11 is 3.59. The normalized spacial score (nSPS) is 12.7. The molecule has 0 fully saturated rings. The minimum absolute atomic E-state index is 0.118. The van der Waals surface area contributed by atoms with Gasteiger partial charge in [0.05, 0.1) is 11.1 Å². The van der Waals surface area contributed by atoms with Crippen LogP contribution in [0.25, 0.3) is 0 Å². The zero-order valence-electron chi connectivity index (χ0n) is 17.2. The maximum Gasteiger partial charge on any atom is 0.220 e. The monoisotopic (exact) mass is 425 g/mol. The van der Waals surface area contributed by atoms with Crippen LogP contribution in [-0.2, 0) is 10.2 Å². The van der Waals surface area contributed by atoms with Gasteiger partial charge in [-0.15, -0.1) is 0 Å². The van der Waals surface area contributed by atoms with Gasteiger partial charge in [-0.3, -0.25) is 4.79 Å². The van der Waals surface area contributed by atoms with Crippen molar-refractivity contribution in [2.75, 3.05) is 13.2 Å². The number of amides is 1. The van der Waals surface area contributed by atoms with Gasteiger partial charge in [-0.05, 0) is 57.8 Å². The topological polar surface area (TPSA) is 38.3 Å². The molecular formula is C22H36BrNO2. The van der Waals surface area contributed by atoms with E-state index in [1.807, 2.05) is 6.07 Å². The minimum Gasteiger partial charge on any atom is -0.492 e. The fraction of sp³-hybridized carbons (Fsp3) is 0.682. The molecule has 1 atom stereocenters. The molecule has 1 amide bonds. The largest absolute Gasteiger partial charge is 0.492 e. The molecule has 1 unspecified atom stereocenters. The standard InChI is InChI=1S/C22H36BrNO2/c1-6-8-10-17(7-2)16-24-21(25)11-9-14-26-20-13-12-18(15-19(20)23)22(3,4)5/h12-13,15,17H,6-11,14,16H2,1-5H3,(H,24,25). The predicted molar refractivity (Wildman–Crippen MR) is 114 cm³/mol. The van der Waals surface area contributed by atoms with Crippen LogP contribution < -0.4 is 10.1 Å². The lowest BCUT2D eigenvalue weighted by atomic mass is 9.87. The molecule has 0 aromatic heterocycles. The highest BCUT2D eigenvalue weighted by Crippen LogP contribution is 2.31. The summed E-state index contributed by atoms with van der Waals surface area (Å²) in [5.41, 5.74) is 1.39. The van der Waals surface area contributed by atoms with E-state index >= 15 is 0 Å². The van der Waals surface area contributed by atoms with Gasteiger partial charge in [0.2, 0.25) is 5.91 Å². The highest BCUT2D eigenvalue weighted by atomic mass is 79.9. The van der Waals surface area contributed by atoms with Crippen molar-refractivity contribution in [3.8, 4) is 5.75 Å². The molecule has 0 aliphatic heterocycles. The van der Waals surface area contributed by atoms with Gasteiger partial charge >= 0.3 is 0 Å². The van der Waals surface area contributed by atoms with Gasteiger partial charge in [0.25, 0.3) is 0 Å². The summed E-state index contributed by atoms with van der Waals surface area (Å²) in [4.78, 5) is 12.0. The zero-order chi connectivity index (χ0) is 19.6. The van der Waals surface area contributed by atoms with Crippen molar-refractivity contribution in [1.82, 2.24) is 5.32 Å². The lowest BCUT2D eigenvalue weighted by molar-refractivity contribution is -0.121. The Bertz CT molecular complexity index is 552. The van der Waals surface area contributed by atoms with Crippen molar-refractivity contribution in [2.24, 2.45) is 5.92 Å². The SMILES string of the molecule is CCCCC(CC)CNC(=O)CCCOc1ccc(C(C)(C)C)cc1Br. The molecule has 148 valence electrons. The smallest absolute Gasteiger partial charge is 0.220 e. The molecule has 1 aromatic rings. The number of carbonyl (C=O) groups is 1. The molecular weight excluding hydrogens is 390 g/mol. The quantitative estimate of drug-likeness (QED) is 0.426. The Morgan fingerprint density at radius 1 is 1.23 bits per heavy atom. The second kappa shape index (κ2) is 11.6. The van der Waals surface area contributed by atoms with Crippen molar-refractivity contribution < 1.29 is 9.53 Å². The number of rotatable bonds is 11. The van der Waals surface area contributed by atoms with Crippen molar-refractivity contribution in [1.29, 1.82) is 0 Å². The molecule has 0 aliphatic rings. The minimum atomic E-state index is 0.118. The first-order valence-corrected chi connectivity index (χ1v) is 10.8. The predicted octanol–water partition coefficient (Wildman–Crippen LogP) is 6.24. The van der Waals surface area contributed by atoms with Crippen LogP contribution in [0.2, 0.25) is 0 Å². The summed E-state index contributed by atoms with van der Waals surface area (Å²) in [6.45, 7) is 12.3. The lowest BCUT2D eigenvalue weighted by Crippen LogP contribution is -2.29. The first-order chi connectivity index (χ1) is 12.3. The van der Waals surface area contributed by atoms with E-state index in [1.165, 1.54) is 24.8 Å². The van der Waals surface area contributed by atoms with Crippen molar-refractivity contribution in [2.45, 2.75) is 78.6 Å². The van der Waals surface area contributed by atoms with Gasteiger partial charge in [-0.2, -0.15) is 0 Å². The zero-order valence-corrected chi connectivity index (χ0v) is 18.7. The number of hydrogen-bond donors (Lipinski definition) is 1. The second-order valence-electron chi connectivity index (χ2n) is 8.07. The van der Waals surface area contributed by atoms with Crippen LogP contribution in [0.3, 0.4) is 0 Å². The number of carbonyl (C=O) groups excluding carboxylic acids is 1. The van der Waals surface area contributed by atoms with Gasteiger partial charge in [0.1, 0.15) is 5.75 Å². The molecule has 0 aliphatic carbocycles. The Kier molecular flexibility index (Phi) is 10.3. The van der Waals surface area contributed by atoms with E-state index in [4.69, 9.17) is 4.74 Å². The fourth-order valence-electron chi connectivity index (χ4n) is 2.79. The number of halogens is 1. The number of hydrogen-bond acceptors (Lipinski definition) is 2. The van der Waals surface area contributed by atoms with E-state index in [9.17, 15) is 4.79 Å². The van der Waals surface area contributed by atoms with Gasteiger partial charge in [0, 0.05) is 13.0 Å². The molecule has 1 N–H and O–H groups in total. The summed E-state index contributed by atoms with van der Waals surface area (Å²) in [7, 11) is 0. The third-order valence-electron chi connectivity index (χ3n) is 4.73. The van der Waals surface area contributed by atoms with Crippen LogP contribution >= 0.6 is 15.9 Å². The Labute approximate surface area is 168 Å². The number of benzene rings is 1. The maximum atomic E-state index is 12.0. The van der Waals surface area contributed by atoms with Gasteiger partial charge in [-0.25, -0.2) is 0 Å². The van der Waals surface area contributed by atoms with E-state index in [1.54, 1.807) is 0 Å². The Morgan fingerprint density at radius 3 is 2.54 bits per heavy atom. The van der Waals surface area contributed by atoms with Crippen LogP contribution in [0.4, 0.5) is 0 Å². The number of nitrogens with one attached hydrogen (secondary N) is 1. The number of ether oxygens (including phenoxy) is 1. The van der Waals surface area contributed by atoms with E-state index in [0.29, 0.717) is 18.9 Å². The average Bonchev–Trinajstić information content (AvgIpc) is 2.59. The summed E-state index contributed by atoms with van der Waals surface area (Å²) < 4.78 is 6.80. The average molecular weight is 426 g/mol. The third-order valence-corrected chi connectivity index (χ3v) is 5.35. The van der Waals surface area contributed by atoms with Crippen LogP contribution in [-0.4, -0.2) is 19.1 Å². The molecule has 3 nitrogen and oxygen atoms in total. The third kappa shape index (κ3) is 8.57. The molecule has 0 saturated heterocycles. The number of unbranched alkanes of at least 4 members (excludes halogenated alkanes) is 1. The van der Waals surface area contributed by atoms with Crippen LogP contribution in [0.15, 0.2) is 22.7 Å². The molecule has 26 heavy (non-hydrogen) atoms. The molecule has 1 aromatic carbocycles. The first kappa shape index (κ1) is 23.0. The van der Waals surface area contributed by atoms with E-state index in [-0.39, 0.29) is 11.3 Å². The van der Waals surface area contributed by atoms with Gasteiger partial charge in [-0.1, -0.05) is 59.9 Å². The summed E-state index contributed by atoms with van der Waals surface area (Å²) in [5.74, 6) is 1.57. The van der Waals surface area contributed by atoms with Gasteiger partial charge < -0.3 is 10.1 Å². The van der Waals surface area contributed by atoms with E-state index < -0.39 is 0 Å². The second-order valence-corrected chi connectivity index (χ2v) is 8.92. The molecule has 0 radical (unpaired) electrons. The van der Waals surface area contributed by atoms with E-state index in [0.717, 1.165) is 29.6 Å². The molecule has 0 bridgehead atoms. The van der Waals surface area contributed by atoms with Crippen molar-refractivity contribution in [3.63, 3.8) is 0 Å². The summed E-state index contributed by atoms with van der Waals surface area (Å²) in [5, 5.41) is 3.07. The maximum absolute atomic E-state index is 12.0. The van der Waals surface area contributed by atoms with Crippen LogP contribution in [0, 0.1) is 5.92 Å². The summed E-state index contributed by atoms with van der Waals surface area (Å²) in [6, 6.07) is 6.22. The van der Waals surface area contributed by atoms with Crippen molar-refractivity contribution in [3.05, 3.63) is 28.2 Å². The van der Waals surface area contributed by atoms with Gasteiger partial charge in [0.15, 0.2) is 0 Å². The Balaban J connectivity index is 2.30. The molecule has 4 heteroatoms. The Morgan fingerprint density at radius 2 is 1.96 bits per heavy atom. The highest BCUT2D eigenvalue weighted by molar-refractivity contribution is 9.10. The van der Waals surface area contributed by atoms with Crippen LogP contribution in [0.5, 0.6) is 5.75 Å². The fourth-order valence-corrected chi connectivity index (χ4v) is 3.28. The first-order valence-electron chi connectivity index (χ1n) is 9.97.